The Morgan fingerprint density at radius 2 is 1.89 bits per heavy atom. The fraction of sp³-hybridized carbons (Fsp3) is 0.143. The number of rotatable bonds is 6. The van der Waals surface area contributed by atoms with E-state index >= 15 is 0 Å². The van der Waals surface area contributed by atoms with Crippen LogP contribution < -0.4 is 9.47 Å². The van der Waals surface area contributed by atoms with Crippen molar-refractivity contribution < 1.29 is 19.4 Å². The second kappa shape index (κ2) is 9.27. The second-order valence-corrected chi connectivity index (χ2v) is 8.61. The highest BCUT2D eigenvalue weighted by atomic mass is 16.6. The molecule has 0 spiro atoms. The van der Waals surface area contributed by atoms with E-state index in [1.54, 1.807) is 30.1 Å². The summed E-state index contributed by atoms with van der Waals surface area (Å²) in [7, 11) is 1.63. The minimum atomic E-state index is -0.204. The van der Waals surface area contributed by atoms with Gasteiger partial charge in [0.15, 0.2) is 18.1 Å². The van der Waals surface area contributed by atoms with E-state index in [0.29, 0.717) is 23.1 Å². The van der Waals surface area contributed by atoms with Crippen molar-refractivity contribution in [3.63, 3.8) is 0 Å². The molecule has 9 heteroatoms. The molecule has 184 valence electrons. The van der Waals surface area contributed by atoms with Crippen molar-refractivity contribution in [2.45, 2.75) is 19.4 Å². The van der Waals surface area contributed by atoms with E-state index in [2.05, 4.69) is 27.4 Å². The monoisotopic (exact) mass is 493 g/mol. The first-order valence-corrected chi connectivity index (χ1v) is 11.7. The number of aromatic hydroxyl groups is 1. The molecule has 37 heavy (non-hydrogen) atoms. The summed E-state index contributed by atoms with van der Waals surface area (Å²) in [6.07, 6.45) is 1.56. The SMILES string of the molecule is COc1ccc(/C(C)=N/OCc2nc3c4c(ncn3n2)Oc2cc(O)ccc2C4c2ccccc2)cc1. The van der Waals surface area contributed by atoms with Gasteiger partial charge >= 0.3 is 0 Å². The molecule has 2 aromatic heterocycles. The molecule has 3 heterocycles. The number of ether oxygens (including phenoxy) is 2. The number of benzene rings is 3. The van der Waals surface area contributed by atoms with Gasteiger partial charge in [0, 0.05) is 17.5 Å². The third-order valence-corrected chi connectivity index (χ3v) is 6.27. The van der Waals surface area contributed by atoms with Gasteiger partial charge in [-0.1, -0.05) is 41.6 Å². The third kappa shape index (κ3) is 4.20. The summed E-state index contributed by atoms with van der Waals surface area (Å²) in [6.45, 7) is 1.96. The summed E-state index contributed by atoms with van der Waals surface area (Å²) >= 11 is 0. The van der Waals surface area contributed by atoms with Crippen LogP contribution in [-0.2, 0) is 11.4 Å². The summed E-state index contributed by atoms with van der Waals surface area (Å²) in [5.74, 6) is 2.15. The molecule has 6 rings (SSSR count). The van der Waals surface area contributed by atoms with Gasteiger partial charge in [-0.2, -0.15) is 0 Å². The van der Waals surface area contributed by atoms with Crippen LogP contribution in [0.4, 0.5) is 0 Å². The van der Waals surface area contributed by atoms with Crippen LogP contribution in [0, 0.1) is 0 Å². The lowest BCUT2D eigenvalue weighted by Crippen LogP contribution is -2.14. The van der Waals surface area contributed by atoms with E-state index in [4.69, 9.17) is 19.3 Å². The molecule has 1 aliphatic rings. The van der Waals surface area contributed by atoms with Crippen LogP contribution in [-0.4, -0.2) is 37.5 Å². The highest BCUT2D eigenvalue weighted by Crippen LogP contribution is 2.48. The highest BCUT2D eigenvalue weighted by molar-refractivity contribution is 5.98. The van der Waals surface area contributed by atoms with Crippen LogP contribution in [0.15, 0.2) is 84.3 Å². The molecule has 0 saturated heterocycles. The average Bonchev–Trinajstić information content (AvgIpc) is 3.35. The zero-order valence-electron chi connectivity index (χ0n) is 20.2. The van der Waals surface area contributed by atoms with Crippen LogP contribution in [0.25, 0.3) is 5.65 Å². The first-order valence-electron chi connectivity index (χ1n) is 11.7. The summed E-state index contributed by atoms with van der Waals surface area (Å²) in [6, 6.07) is 22.8. The van der Waals surface area contributed by atoms with Crippen LogP contribution in [0.1, 0.15) is 40.9 Å². The van der Waals surface area contributed by atoms with Crippen LogP contribution in [0.2, 0.25) is 0 Å². The number of phenols is 1. The van der Waals surface area contributed by atoms with Gasteiger partial charge in [-0.25, -0.2) is 14.5 Å². The Morgan fingerprint density at radius 1 is 1.08 bits per heavy atom. The molecule has 5 aromatic rings. The van der Waals surface area contributed by atoms with Crippen molar-refractivity contribution in [3.05, 3.63) is 107 Å². The maximum absolute atomic E-state index is 10.0. The smallest absolute Gasteiger partial charge is 0.228 e. The van der Waals surface area contributed by atoms with Crippen molar-refractivity contribution in [1.82, 2.24) is 19.6 Å². The number of methoxy groups -OCH3 is 1. The summed E-state index contributed by atoms with van der Waals surface area (Å²) < 4.78 is 12.9. The number of nitrogens with zero attached hydrogens (tertiary/aromatic N) is 5. The van der Waals surface area contributed by atoms with Gasteiger partial charge < -0.3 is 19.4 Å². The minimum Gasteiger partial charge on any atom is -0.508 e. The Bertz CT molecular complexity index is 1610. The van der Waals surface area contributed by atoms with Gasteiger partial charge in [0.1, 0.15) is 23.6 Å². The predicted molar refractivity (Wildman–Crippen MR) is 136 cm³/mol. The van der Waals surface area contributed by atoms with Crippen molar-refractivity contribution in [2.24, 2.45) is 5.16 Å². The van der Waals surface area contributed by atoms with Gasteiger partial charge in [-0.05, 0) is 48.4 Å². The van der Waals surface area contributed by atoms with Gasteiger partial charge in [0.2, 0.25) is 5.88 Å². The zero-order chi connectivity index (χ0) is 25.4. The van der Waals surface area contributed by atoms with Crippen molar-refractivity contribution >= 4 is 11.4 Å². The first kappa shape index (κ1) is 22.5. The molecule has 0 fully saturated rings. The lowest BCUT2D eigenvalue weighted by molar-refractivity contribution is 0.125. The zero-order valence-corrected chi connectivity index (χ0v) is 20.2. The lowest BCUT2D eigenvalue weighted by Gasteiger charge is -2.27. The van der Waals surface area contributed by atoms with Gasteiger partial charge in [0.05, 0.1) is 18.4 Å². The Hall–Kier alpha value is -4.92. The van der Waals surface area contributed by atoms with Crippen LogP contribution >= 0.6 is 0 Å². The number of phenolic OH excluding ortho intramolecular Hbond substituents is 1. The molecule has 1 unspecified atom stereocenters. The second-order valence-electron chi connectivity index (χ2n) is 8.61. The van der Waals surface area contributed by atoms with Crippen molar-refractivity contribution in [3.8, 4) is 23.1 Å². The number of fused-ring (bicyclic) bond motifs is 4. The molecular formula is C28H23N5O4. The largest absolute Gasteiger partial charge is 0.508 e. The van der Waals surface area contributed by atoms with Crippen LogP contribution in [0.3, 0.4) is 0 Å². The highest BCUT2D eigenvalue weighted by Gasteiger charge is 2.33. The van der Waals surface area contributed by atoms with Crippen molar-refractivity contribution in [1.29, 1.82) is 0 Å². The number of aromatic nitrogens is 4. The van der Waals surface area contributed by atoms with Gasteiger partial charge in [0.25, 0.3) is 0 Å². The molecule has 1 atom stereocenters. The minimum absolute atomic E-state index is 0.0886. The number of oxime groups is 1. The molecular weight excluding hydrogens is 470 g/mol. The fourth-order valence-electron chi connectivity index (χ4n) is 4.47. The Labute approximate surface area is 212 Å². The molecule has 3 aromatic carbocycles. The van der Waals surface area contributed by atoms with E-state index in [9.17, 15) is 5.11 Å². The molecule has 0 amide bonds. The molecule has 0 radical (unpaired) electrons. The fourth-order valence-corrected chi connectivity index (χ4v) is 4.47. The average molecular weight is 494 g/mol. The maximum Gasteiger partial charge on any atom is 0.228 e. The molecule has 9 nitrogen and oxygen atoms in total. The van der Waals surface area contributed by atoms with E-state index in [1.807, 2.05) is 55.5 Å². The quantitative estimate of drug-likeness (QED) is 0.255. The number of hydrogen-bond acceptors (Lipinski definition) is 8. The van der Waals surface area contributed by atoms with E-state index in [0.717, 1.165) is 33.7 Å². The third-order valence-electron chi connectivity index (χ3n) is 6.27. The lowest BCUT2D eigenvalue weighted by atomic mass is 9.84. The van der Waals surface area contributed by atoms with E-state index in [1.165, 1.54) is 0 Å². The molecule has 0 bridgehead atoms. The maximum atomic E-state index is 10.0. The standard InChI is InChI=1S/C28H23N5O4/c1-17(18-8-11-21(35-2)12-9-18)32-36-15-24-30-27-26-25(19-6-4-3-5-7-19)22-13-10-20(34)14-23(22)37-28(26)29-16-33(27)31-24/h3-14,16,25,34H,15H2,1-2H3/b32-17+. The normalized spacial score (nSPS) is 14.5. The molecule has 0 saturated carbocycles. The summed E-state index contributed by atoms with van der Waals surface area (Å²) in [4.78, 5) is 14.8. The Balaban J connectivity index is 1.33. The van der Waals surface area contributed by atoms with Crippen molar-refractivity contribution in [2.75, 3.05) is 7.11 Å². The first-order chi connectivity index (χ1) is 18.1. The molecule has 0 aliphatic carbocycles. The van der Waals surface area contributed by atoms with Gasteiger partial charge in [-0.15, -0.1) is 5.10 Å². The molecule has 1 aliphatic heterocycles. The van der Waals surface area contributed by atoms with E-state index in [-0.39, 0.29) is 18.3 Å². The summed E-state index contributed by atoms with van der Waals surface area (Å²) in [5, 5.41) is 18.8. The predicted octanol–water partition coefficient (Wildman–Crippen LogP) is 5.07. The topological polar surface area (TPSA) is 103 Å². The summed E-state index contributed by atoms with van der Waals surface area (Å²) in [5.41, 5.74) is 5.02. The Morgan fingerprint density at radius 3 is 2.68 bits per heavy atom. The number of hydrogen-bond donors (Lipinski definition) is 1. The van der Waals surface area contributed by atoms with Crippen LogP contribution in [0.5, 0.6) is 23.1 Å². The van der Waals surface area contributed by atoms with E-state index < -0.39 is 0 Å². The Kier molecular flexibility index (Phi) is 5.65. The van der Waals surface area contributed by atoms with Gasteiger partial charge in [-0.3, -0.25) is 0 Å². The molecule has 1 N–H and O–H groups in total.